The van der Waals surface area contributed by atoms with Crippen molar-refractivity contribution < 1.29 is 14.6 Å². The molecule has 1 unspecified atom stereocenters. The van der Waals surface area contributed by atoms with Gasteiger partial charge in [0.2, 0.25) is 0 Å². The molecule has 0 spiro atoms. The van der Waals surface area contributed by atoms with Gasteiger partial charge in [-0.05, 0) is 24.1 Å². The summed E-state index contributed by atoms with van der Waals surface area (Å²) in [5.74, 6) is 0.761. The molecule has 0 aliphatic rings. The van der Waals surface area contributed by atoms with Crippen LogP contribution in [-0.2, 0) is 6.54 Å². The molecule has 100 valence electrons. The molecule has 0 aromatic heterocycles. The monoisotopic (exact) mass is 252 g/mol. The predicted octanol–water partition coefficient (Wildman–Crippen LogP) is 1.27. The van der Waals surface area contributed by atoms with Crippen LogP contribution in [0.5, 0.6) is 5.75 Å². The summed E-state index contributed by atoms with van der Waals surface area (Å²) in [6.45, 7) is 2.28. The first-order valence-electron chi connectivity index (χ1n) is 5.97. The van der Waals surface area contributed by atoms with Gasteiger partial charge in [0.15, 0.2) is 0 Å². The minimum atomic E-state index is -0.279. The van der Waals surface area contributed by atoms with Crippen LogP contribution in [0.4, 0.5) is 4.79 Å². The first kappa shape index (κ1) is 14.3. The Hall–Kier alpha value is -1.75. The van der Waals surface area contributed by atoms with E-state index in [2.05, 4.69) is 10.6 Å². The Morgan fingerprint density at radius 2 is 2.28 bits per heavy atom. The van der Waals surface area contributed by atoms with Gasteiger partial charge in [-0.1, -0.05) is 19.1 Å². The number of carbonyl (C=O) groups excluding carboxylic acids is 1. The van der Waals surface area contributed by atoms with Crippen LogP contribution in [0.1, 0.15) is 18.9 Å². The number of benzene rings is 1. The zero-order valence-electron chi connectivity index (χ0n) is 10.8. The highest BCUT2D eigenvalue weighted by atomic mass is 16.5. The Bertz CT molecular complexity index is 378. The third-order valence-corrected chi connectivity index (χ3v) is 2.64. The molecule has 5 nitrogen and oxygen atoms in total. The summed E-state index contributed by atoms with van der Waals surface area (Å²) in [7, 11) is 1.60. The Balaban J connectivity index is 2.42. The Labute approximate surface area is 107 Å². The maximum absolute atomic E-state index is 11.5. The Morgan fingerprint density at radius 3 is 2.89 bits per heavy atom. The molecule has 0 aliphatic heterocycles. The minimum absolute atomic E-state index is 0.0525. The van der Waals surface area contributed by atoms with E-state index < -0.39 is 0 Å². The van der Waals surface area contributed by atoms with Gasteiger partial charge in [0.05, 0.1) is 19.8 Å². The van der Waals surface area contributed by atoms with Crippen LogP contribution in [0.3, 0.4) is 0 Å². The van der Waals surface area contributed by atoms with Crippen LogP contribution < -0.4 is 15.4 Å². The smallest absolute Gasteiger partial charge is 0.315 e. The molecular formula is C13H20N2O3. The van der Waals surface area contributed by atoms with Gasteiger partial charge in [-0.3, -0.25) is 0 Å². The minimum Gasteiger partial charge on any atom is -0.497 e. The van der Waals surface area contributed by atoms with Crippen LogP contribution >= 0.6 is 0 Å². The summed E-state index contributed by atoms with van der Waals surface area (Å²) in [5, 5.41) is 14.4. The van der Waals surface area contributed by atoms with Crippen LogP contribution in [0, 0.1) is 0 Å². The van der Waals surface area contributed by atoms with Crippen LogP contribution in [0.25, 0.3) is 0 Å². The SMILES string of the molecule is CCC(CO)NC(=O)NCc1cccc(OC)c1. The van der Waals surface area contributed by atoms with Gasteiger partial charge < -0.3 is 20.5 Å². The average molecular weight is 252 g/mol. The van der Waals surface area contributed by atoms with E-state index in [9.17, 15) is 4.79 Å². The molecule has 3 N–H and O–H groups in total. The summed E-state index contributed by atoms with van der Waals surface area (Å²) >= 11 is 0. The molecule has 1 aromatic rings. The number of hydrogen-bond donors (Lipinski definition) is 3. The zero-order valence-corrected chi connectivity index (χ0v) is 10.8. The lowest BCUT2D eigenvalue weighted by Crippen LogP contribution is -2.43. The molecule has 2 amide bonds. The second-order valence-corrected chi connectivity index (χ2v) is 3.97. The van der Waals surface area contributed by atoms with Gasteiger partial charge in [0, 0.05) is 6.54 Å². The molecule has 0 saturated heterocycles. The number of urea groups is 1. The first-order chi connectivity index (χ1) is 8.69. The molecule has 18 heavy (non-hydrogen) atoms. The van der Waals surface area contributed by atoms with Crippen molar-refractivity contribution in [3.05, 3.63) is 29.8 Å². The quantitative estimate of drug-likeness (QED) is 0.714. The number of rotatable bonds is 6. The van der Waals surface area contributed by atoms with E-state index in [1.54, 1.807) is 7.11 Å². The zero-order chi connectivity index (χ0) is 13.4. The van der Waals surface area contributed by atoms with E-state index in [4.69, 9.17) is 9.84 Å². The number of hydrogen-bond acceptors (Lipinski definition) is 3. The topological polar surface area (TPSA) is 70.6 Å². The number of methoxy groups -OCH3 is 1. The van der Waals surface area contributed by atoms with E-state index in [1.165, 1.54) is 0 Å². The molecule has 5 heteroatoms. The van der Waals surface area contributed by atoms with Crippen LogP contribution in [0.2, 0.25) is 0 Å². The fourth-order valence-corrected chi connectivity index (χ4v) is 1.48. The molecular weight excluding hydrogens is 232 g/mol. The van der Waals surface area contributed by atoms with E-state index in [1.807, 2.05) is 31.2 Å². The Kier molecular flexibility index (Phi) is 6.00. The maximum Gasteiger partial charge on any atom is 0.315 e. The van der Waals surface area contributed by atoms with Crippen LogP contribution in [-0.4, -0.2) is 30.9 Å². The molecule has 1 rings (SSSR count). The lowest BCUT2D eigenvalue weighted by atomic mass is 10.2. The van der Waals surface area contributed by atoms with Crippen molar-refractivity contribution in [1.29, 1.82) is 0 Å². The van der Waals surface area contributed by atoms with Crippen molar-refractivity contribution in [1.82, 2.24) is 10.6 Å². The summed E-state index contributed by atoms with van der Waals surface area (Å²) < 4.78 is 5.10. The van der Waals surface area contributed by atoms with E-state index in [-0.39, 0.29) is 18.7 Å². The van der Waals surface area contributed by atoms with Crippen molar-refractivity contribution in [3.63, 3.8) is 0 Å². The maximum atomic E-state index is 11.5. The van der Waals surface area contributed by atoms with Gasteiger partial charge >= 0.3 is 6.03 Å². The van der Waals surface area contributed by atoms with Crippen LogP contribution in [0.15, 0.2) is 24.3 Å². The second-order valence-electron chi connectivity index (χ2n) is 3.97. The van der Waals surface area contributed by atoms with E-state index in [0.29, 0.717) is 13.0 Å². The third kappa shape index (κ3) is 4.63. The highest BCUT2D eigenvalue weighted by Crippen LogP contribution is 2.11. The number of aliphatic hydroxyl groups is 1. The number of nitrogens with one attached hydrogen (secondary N) is 2. The molecule has 0 fully saturated rings. The predicted molar refractivity (Wildman–Crippen MR) is 69.5 cm³/mol. The Morgan fingerprint density at radius 1 is 1.50 bits per heavy atom. The summed E-state index contributed by atoms with van der Waals surface area (Å²) in [5.41, 5.74) is 0.960. The number of carbonyl (C=O) groups is 1. The molecule has 0 radical (unpaired) electrons. The fraction of sp³-hybridized carbons (Fsp3) is 0.462. The van der Waals surface area contributed by atoms with Crippen molar-refractivity contribution >= 4 is 6.03 Å². The van der Waals surface area contributed by atoms with Crippen molar-refractivity contribution in [2.75, 3.05) is 13.7 Å². The highest BCUT2D eigenvalue weighted by Gasteiger charge is 2.08. The van der Waals surface area contributed by atoms with Gasteiger partial charge in [-0.25, -0.2) is 4.79 Å². The van der Waals surface area contributed by atoms with E-state index in [0.717, 1.165) is 11.3 Å². The normalized spacial score (nSPS) is 11.7. The van der Waals surface area contributed by atoms with E-state index >= 15 is 0 Å². The largest absolute Gasteiger partial charge is 0.497 e. The molecule has 0 bridgehead atoms. The second kappa shape index (κ2) is 7.55. The average Bonchev–Trinajstić information content (AvgIpc) is 2.42. The lowest BCUT2D eigenvalue weighted by Gasteiger charge is -2.14. The van der Waals surface area contributed by atoms with Gasteiger partial charge in [0.1, 0.15) is 5.75 Å². The molecule has 0 heterocycles. The van der Waals surface area contributed by atoms with Gasteiger partial charge in [-0.15, -0.1) is 0 Å². The lowest BCUT2D eigenvalue weighted by molar-refractivity contribution is 0.214. The molecule has 0 saturated carbocycles. The van der Waals surface area contributed by atoms with Gasteiger partial charge in [0.25, 0.3) is 0 Å². The number of amides is 2. The third-order valence-electron chi connectivity index (χ3n) is 2.64. The number of ether oxygens (including phenoxy) is 1. The van der Waals surface area contributed by atoms with Crippen molar-refractivity contribution in [2.45, 2.75) is 25.9 Å². The summed E-state index contributed by atoms with van der Waals surface area (Å²) in [6, 6.07) is 7.02. The number of aliphatic hydroxyl groups excluding tert-OH is 1. The standard InChI is InChI=1S/C13H20N2O3/c1-3-11(9-16)15-13(17)14-8-10-5-4-6-12(7-10)18-2/h4-7,11,16H,3,8-9H2,1-2H3,(H2,14,15,17). The van der Waals surface area contributed by atoms with Crippen molar-refractivity contribution in [2.24, 2.45) is 0 Å². The van der Waals surface area contributed by atoms with Crippen molar-refractivity contribution in [3.8, 4) is 5.75 Å². The molecule has 1 atom stereocenters. The molecule has 0 aliphatic carbocycles. The summed E-state index contributed by atoms with van der Waals surface area (Å²) in [4.78, 5) is 11.5. The highest BCUT2D eigenvalue weighted by molar-refractivity contribution is 5.74. The first-order valence-corrected chi connectivity index (χ1v) is 5.97. The molecule has 1 aromatic carbocycles. The summed E-state index contributed by atoms with van der Waals surface area (Å²) in [6.07, 6.45) is 0.697. The fourth-order valence-electron chi connectivity index (χ4n) is 1.48. The van der Waals surface area contributed by atoms with Gasteiger partial charge in [-0.2, -0.15) is 0 Å².